The van der Waals surface area contributed by atoms with E-state index in [4.69, 9.17) is 5.11 Å². The number of rotatable bonds is 2. The van der Waals surface area contributed by atoms with Crippen LogP contribution in [-0.4, -0.2) is 57.9 Å². The lowest BCUT2D eigenvalue weighted by Gasteiger charge is -2.34. The molecule has 2 aliphatic heterocycles. The maximum Gasteiger partial charge on any atom is 0.327 e. The van der Waals surface area contributed by atoms with Crippen LogP contribution < -0.4 is 5.32 Å². The molecule has 0 bridgehead atoms. The van der Waals surface area contributed by atoms with Gasteiger partial charge in [-0.25, -0.2) is 4.79 Å². The Bertz CT molecular complexity index is 360. The van der Waals surface area contributed by atoms with Crippen LogP contribution in [0.15, 0.2) is 0 Å². The molecule has 0 spiro atoms. The molecular weight excluding hydrogens is 244 g/mol. The number of nitrogens with zero attached hydrogens (tertiary/aromatic N) is 1. The van der Waals surface area contributed by atoms with Crippen LogP contribution in [0, 0.1) is 0 Å². The number of carboxylic acids is 1. The quantitative estimate of drug-likeness (QED) is 0.683. The first-order chi connectivity index (χ1) is 8.09. The van der Waals surface area contributed by atoms with Crippen molar-refractivity contribution in [1.29, 1.82) is 0 Å². The Balaban J connectivity index is 2.06. The van der Waals surface area contributed by atoms with Gasteiger partial charge in [0.2, 0.25) is 11.8 Å². The normalized spacial score (nSPS) is 28.9. The molecule has 0 aromatic carbocycles. The average Bonchev–Trinajstić information content (AvgIpc) is 2.75. The SMILES string of the molecule is O=C1CC[C@@H](C(=O)N2CCSCC2C(=O)O)N1. The van der Waals surface area contributed by atoms with Crippen LogP contribution in [0.4, 0.5) is 0 Å². The van der Waals surface area contributed by atoms with Gasteiger partial charge in [-0.2, -0.15) is 11.8 Å². The molecule has 7 heteroatoms. The molecule has 1 unspecified atom stereocenters. The highest BCUT2D eigenvalue weighted by atomic mass is 32.2. The number of hydrogen-bond acceptors (Lipinski definition) is 4. The van der Waals surface area contributed by atoms with Crippen LogP contribution in [0.3, 0.4) is 0 Å². The van der Waals surface area contributed by atoms with Crippen molar-refractivity contribution in [2.45, 2.75) is 24.9 Å². The second-order valence-corrected chi connectivity index (χ2v) is 5.27. The fourth-order valence-electron chi connectivity index (χ4n) is 2.07. The topological polar surface area (TPSA) is 86.7 Å². The van der Waals surface area contributed by atoms with Crippen LogP contribution in [0.5, 0.6) is 0 Å². The van der Waals surface area contributed by atoms with Crippen molar-refractivity contribution >= 4 is 29.5 Å². The molecule has 0 saturated carbocycles. The Morgan fingerprint density at radius 1 is 1.47 bits per heavy atom. The second kappa shape index (κ2) is 4.95. The molecule has 6 nitrogen and oxygen atoms in total. The lowest BCUT2D eigenvalue weighted by Crippen LogP contribution is -2.55. The Morgan fingerprint density at radius 2 is 2.24 bits per heavy atom. The van der Waals surface area contributed by atoms with E-state index < -0.39 is 18.1 Å². The van der Waals surface area contributed by atoms with Crippen molar-refractivity contribution in [2.75, 3.05) is 18.1 Å². The third-order valence-electron chi connectivity index (χ3n) is 2.99. The van der Waals surface area contributed by atoms with Gasteiger partial charge in [-0.3, -0.25) is 9.59 Å². The number of carboxylic acid groups (broad SMARTS) is 1. The van der Waals surface area contributed by atoms with E-state index in [0.29, 0.717) is 25.1 Å². The van der Waals surface area contributed by atoms with Gasteiger partial charge < -0.3 is 15.3 Å². The zero-order chi connectivity index (χ0) is 12.4. The van der Waals surface area contributed by atoms with Gasteiger partial charge in [-0.1, -0.05) is 0 Å². The van der Waals surface area contributed by atoms with Crippen LogP contribution in [-0.2, 0) is 14.4 Å². The predicted octanol–water partition coefficient (Wildman–Crippen LogP) is -0.706. The van der Waals surface area contributed by atoms with E-state index in [1.54, 1.807) is 0 Å². The zero-order valence-electron chi connectivity index (χ0n) is 9.22. The van der Waals surface area contributed by atoms with Gasteiger partial charge in [-0.05, 0) is 6.42 Å². The maximum absolute atomic E-state index is 12.1. The summed E-state index contributed by atoms with van der Waals surface area (Å²) in [4.78, 5) is 35.6. The van der Waals surface area contributed by atoms with Crippen molar-refractivity contribution in [1.82, 2.24) is 10.2 Å². The van der Waals surface area contributed by atoms with Crippen LogP contribution in [0.2, 0.25) is 0 Å². The first-order valence-electron chi connectivity index (χ1n) is 5.50. The standard InChI is InChI=1S/C10H14N2O4S/c13-8-2-1-6(11-8)9(14)12-3-4-17-5-7(12)10(15)16/h6-7H,1-5H2,(H,11,13)(H,15,16)/t6-,7?/m0/s1. The summed E-state index contributed by atoms with van der Waals surface area (Å²) in [7, 11) is 0. The summed E-state index contributed by atoms with van der Waals surface area (Å²) < 4.78 is 0. The van der Waals surface area contributed by atoms with Crippen molar-refractivity contribution in [3.05, 3.63) is 0 Å². The Kier molecular flexibility index (Phi) is 3.56. The van der Waals surface area contributed by atoms with Crippen molar-refractivity contribution in [3.8, 4) is 0 Å². The molecule has 2 fully saturated rings. The van der Waals surface area contributed by atoms with Crippen molar-refractivity contribution in [3.63, 3.8) is 0 Å². The fraction of sp³-hybridized carbons (Fsp3) is 0.700. The molecule has 2 N–H and O–H groups in total. The van der Waals surface area contributed by atoms with E-state index in [1.807, 2.05) is 0 Å². The van der Waals surface area contributed by atoms with Gasteiger partial charge in [0, 0.05) is 24.5 Å². The van der Waals surface area contributed by atoms with Crippen LogP contribution >= 0.6 is 11.8 Å². The highest BCUT2D eigenvalue weighted by Crippen LogP contribution is 2.19. The number of amides is 2. The number of nitrogens with one attached hydrogen (secondary N) is 1. The van der Waals surface area contributed by atoms with E-state index in [9.17, 15) is 14.4 Å². The van der Waals surface area contributed by atoms with Crippen LogP contribution in [0.25, 0.3) is 0 Å². The van der Waals surface area contributed by atoms with Gasteiger partial charge in [0.05, 0.1) is 0 Å². The van der Waals surface area contributed by atoms with E-state index >= 15 is 0 Å². The molecule has 0 aromatic rings. The molecule has 2 rings (SSSR count). The lowest BCUT2D eigenvalue weighted by atomic mass is 10.1. The summed E-state index contributed by atoms with van der Waals surface area (Å²) in [5.74, 6) is -0.210. The Hall–Kier alpha value is -1.24. The summed E-state index contributed by atoms with van der Waals surface area (Å²) in [5, 5.41) is 11.6. The summed E-state index contributed by atoms with van der Waals surface area (Å²) in [6.45, 7) is 0.437. The third kappa shape index (κ3) is 2.54. The van der Waals surface area contributed by atoms with Gasteiger partial charge in [0.15, 0.2) is 0 Å². The molecule has 2 amide bonds. The molecule has 0 aliphatic carbocycles. The molecule has 0 aromatic heterocycles. The minimum atomic E-state index is -0.977. The number of aliphatic carboxylic acids is 1. The number of carbonyl (C=O) groups excluding carboxylic acids is 2. The predicted molar refractivity (Wildman–Crippen MR) is 61.6 cm³/mol. The van der Waals surface area contributed by atoms with E-state index in [-0.39, 0.29) is 11.8 Å². The van der Waals surface area contributed by atoms with E-state index in [1.165, 1.54) is 16.7 Å². The maximum atomic E-state index is 12.1. The first kappa shape index (κ1) is 12.2. The van der Waals surface area contributed by atoms with Crippen LogP contribution in [0.1, 0.15) is 12.8 Å². The Morgan fingerprint density at radius 3 is 2.82 bits per heavy atom. The zero-order valence-corrected chi connectivity index (χ0v) is 10.0. The molecule has 2 saturated heterocycles. The summed E-state index contributed by atoms with van der Waals surface area (Å²) in [5.41, 5.74) is 0. The minimum absolute atomic E-state index is 0.137. The lowest BCUT2D eigenvalue weighted by molar-refractivity contribution is -0.150. The smallest absolute Gasteiger partial charge is 0.327 e. The van der Waals surface area contributed by atoms with Gasteiger partial charge in [0.25, 0.3) is 0 Å². The molecule has 0 radical (unpaired) electrons. The number of carbonyl (C=O) groups is 3. The largest absolute Gasteiger partial charge is 0.480 e. The monoisotopic (exact) mass is 258 g/mol. The highest BCUT2D eigenvalue weighted by Gasteiger charge is 2.37. The Labute approximate surface area is 103 Å². The average molecular weight is 258 g/mol. The summed E-state index contributed by atoms with van der Waals surface area (Å²) >= 11 is 1.53. The number of thioether (sulfide) groups is 1. The molecule has 2 atom stereocenters. The second-order valence-electron chi connectivity index (χ2n) is 4.12. The van der Waals surface area contributed by atoms with E-state index in [2.05, 4.69) is 5.32 Å². The highest BCUT2D eigenvalue weighted by molar-refractivity contribution is 7.99. The van der Waals surface area contributed by atoms with Crippen molar-refractivity contribution in [2.24, 2.45) is 0 Å². The number of hydrogen-bond donors (Lipinski definition) is 2. The molecule has 2 aliphatic rings. The van der Waals surface area contributed by atoms with Gasteiger partial charge in [0.1, 0.15) is 12.1 Å². The van der Waals surface area contributed by atoms with Gasteiger partial charge in [-0.15, -0.1) is 0 Å². The molecule has 94 valence electrons. The summed E-state index contributed by atoms with van der Waals surface area (Å²) in [6, 6.07) is -1.30. The van der Waals surface area contributed by atoms with E-state index in [0.717, 1.165) is 5.75 Å². The van der Waals surface area contributed by atoms with Gasteiger partial charge >= 0.3 is 5.97 Å². The first-order valence-corrected chi connectivity index (χ1v) is 6.65. The summed E-state index contributed by atoms with van der Waals surface area (Å²) in [6.07, 6.45) is 0.810. The minimum Gasteiger partial charge on any atom is -0.480 e. The third-order valence-corrected chi connectivity index (χ3v) is 4.01. The molecule has 2 heterocycles. The van der Waals surface area contributed by atoms with Crippen molar-refractivity contribution < 1.29 is 19.5 Å². The fourth-order valence-corrected chi connectivity index (χ4v) is 3.11. The molecular formula is C10H14N2O4S. The molecule has 17 heavy (non-hydrogen) atoms.